The second-order valence-corrected chi connectivity index (χ2v) is 5.80. The van der Waals surface area contributed by atoms with Gasteiger partial charge in [0, 0.05) is 32.1 Å². The molecule has 0 unspecified atom stereocenters. The van der Waals surface area contributed by atoms with Crippen LogP contribution in [0.15, 0.2) is 10.6 Å². The highest BCUT2D eigenvalue weighted by molar-refractivity contribution is 5.89. The molecule has 1 aliphatic carbocycles. The van der Waals surface area contributed by atoms with E-state index in [-0.39, 0.29) is 17.7 Å². The van der Waals surface area contributed by atoms with Crippen molar-refractivity contribution in [3.63, 3.8) is 0 Å². The predicted octanol–water partition coefficient (Wildman–Crippen LogP) is 0.952. The van der Waals surface area contributed by atoms with Crippen LogP contribution in [0.4, 0.5) is 0 Å². The maximum atomic E-state index is 12.4. The van der Waals surface area contributed by atoms with Crippen molar-refractivity contribution in [1.82, 2.24) is 15.0 Å². The molecule has 108 valence electrons. The third-order valence-electron chi connectivity index (χ3n) is 3.95. The van der Waals surface area contributed by atoms with Gasteiger partial charge in [-0.25, -0.2) is 0 Å². The summed E-state index contributed by atoms with van der Waals surface area (Å²) in [4.78, 5) is 27.8. The van der Waals surface area contributed by atoms with Crippen LogP contribution in [0.5, 0.6) is 0 Å². The van der Waals surface area contributed by atoms with Gasteiger partial charge in [0.15, 0.2) is 0 Å². The topological polar surface area (TPSA) is 66.7 Å². The molecule has 0 N–H and O–H groups in total. The minimum absolute atomic E-state index is 0.0159. The zero-order valence-corrected chi connectivity index (χ0v) is 11.8. The molecule has 6 heteroatoms. The molecule has 0 bridgehead atoms. The first-order valence-electron chi connectivity index (χ1n) is 7.01. The molecule has 20 heavy (non-hydrogen) atoms. The van der Waals surface area contributed by atoms with Crippen molar-refractivity contribution in [1.29, 1.82) is 0 Å². The van der Waals surface area contributed by atoms with Crippen LogP contribution in [0, 0.1) is 12.8 Å². The van der Waals surface area contributed by atoms with E-state index in [0.717, 1.165) is 24.3 Å². The Balaban J connectivity index is 1.59. The maximum absolute atomic E-state index is 12.4. The zero-order valence-electron chi connectivity index (χ0n) is 11.8. The Morgan fingerprint density at radius 1 is 1.55 bits per heavy atom. The lowest BCUT2D eigenvalue weighted by Gasteiger charge is -2.20. The minimum atomic E-state index is -0.207. The van der Waals surface area contributed by atoms with Gasteiger partial charge in [-0.15, -0.1) is 0 Å². The fourth-order valence-corrected chi connectivity index (χ4v) is 2.76. The van der Waals surface area contributed by atoms with Gasteiger partial charge in [0.2, 0.25) is 11.8 Å². The van der Waals surface area contributed by atoms with E-state index in [1.165, 1.54) is 0 Å². The van der Waals surface area contributed by atoms with Gasteiger partial charge in [-0.1, -0.05) is 5.16 Å². The third-order valence-corrected chi connectivity index (χ3v) is 3.95. The lowest BCUT2D eigenvalue weighted by atomic mass is 10.1. The number of rotatable bonds is 4. The van der Waals surface area contributed by atoms with Gasteiger partial charge in [0.25, 0.3) is 0 Å². The van der Waals surface area contributed by atoms with E-state index in [4.69, 9.17) is 4.52 Å². The average Bonchev–Trinajstić information content (AvgIpc) is 3.06. The molecule has 0 aromatic carbocycles. The highest BCUT2D eigenvalue weighted by atomic mass is 16.5. The number of amides is 2. The molecule has 6 nitrogen and oxygen atoms in total. The van der Waals surface area contributed by atoms with Crippen molar-refractivity contribution in [2.24, 2.45) is 5.92 Å². The average molecular weight is 277 g/mol. The molecule has 1 saturated carbocycles. The molecule has 2 amide bonds. The predicted molar refractivity (Wildman–Crippen MR) is 70.6 cm³/mol. The van der Waals surface area contributed by atoms with Gasteiger partial charge < -0.3 is 14.3 Å². The van der Waals surface area contributed by atoms with Gasteiger partial charge in [0.1, 0.15) is 11.5 Å². The monoisotopic (exact) mass is 277 g/mol. The van der Waals surface area contributed by atoms with E-state index >= 15 is 0 Å². The van der Waals surface area contributed by atoms with E-state index in [9.17, 15) is 9.59 Å². The number of aromatic nitrogens is 1. The largest absolute Gasteiger partial charge is 0.361 e. The van der Waals surface area contributed by atoms with Crippen molar-refractivity contribution in [2.75, 3.05) is 13.6 Å². The van der Waals surface area contributed by atoms with Crippen molar-refractivity contribution in [3.8, 4) is 0 Å². The van der Waals surface area contributed by atoms with Gasteiger partial charge in [-0.05, 0) is 19.8 Å². The van der Waals surface area contributed by atoms with Gasteiger partial charge >= 0.3 is 0 Å². The molecule has 0 radical (unpaired) electrons. The molecule has 1 aromatic rings. The Labute approximate surface area is 117 Å². The molecule has 1 aromatic heterocycles. The van der Waals surface area contributed by atoms with E-state index in [1.807, 2.05) is 17.9 Å². The van der Waals surface area contributed by atoms with Crippen molar-refractivity contribution >= 4 is 11.8 Å². The Morgan fingerprint density at radius 2 is 2.30 bits per heavy atom. The number of hydrogen-bond acceptors (Lipinski definition) is 4. The number of carbonyl (C=O) groups excluding carboxylic acids is 2. The van der Waals surface area contributed by atoms with E-state index in [1.54, 1.807) is 11.9 Å². The number of carbonyl (C=O) groups is 2. The lowest BCUT2D eigenvalue weighted by Crippen LogP contribution is -2.34. The van der Waals surface area contributed by atoms with E-state index in [0.29, 0.717) is 25.6 Å². The molecular weight excluding hydrogens is 258 g/mol. The molecular formula is C14H19N3O3. The first-order valence-corrected chi connectivity index (χ1v) is 7.01. The summed E-state index contributed by atoms with van der Waals surface area (Å²) in [6.45, 7) is 2.82. The van der Waals surface area contributed by atoms with Crippen LogP contribution in [0.2, 0.25) is 0 Å². The smallest absolute Gasteiger partial charge is 0.228 e. The first-order chi connectivity index (χ1) is 9.54. The van der Waals surface area contributed by atoms with Gasteiger partial charge in [0.05, 0.1) is 12.5 Å². The molecule has 0 spiro atoms. The third kappa shape index (κ3) is 2.55. The molecule has 1 aliphatic heterocycles. The second-order valence-electron chi connectivity index (χ2n) is 5.80. The van der Waals surface area contributed by atoms with Crippen LogP contribution < -0.4 is 0 Å². The summed E-state index contributed by atoms with van der Waals surface area (Å²) in [6.07, 6.45) is 2.51. The lowest BCUT2D eigenvalue weighted by molar-refractivity contribution is -0.135. The zero-order chi connectivity index (χ0) is 14.3. The number of likely N-dealkylation sites (tertiary alicyclic amines) is 1. The van der Waals surface area contributed by atoms with Crippen LogP contribution >= 0.6 is 0 Å². The van der Waals surface area contributed by atoms with Crippen LogP contribution in [0.25, 0.3) is 0 Å². The molecule has 2 fully saturated rings. The van der Waals surface area contributed by atoms with E-state index < -0.39 is 0 Å². The van der Waals surface area contributed by atoms with Crippen molar-refractivity contribution in [3.05, 3.63) is 17.5 Å². The normalized spacial score (nSPS) is 22.4. The Bertz CT molecular complexity index is 536. The van der Waals surface area contributed by atoms with Crippen LogP contribution in [0.1, 0.15) is 30.7 Å². The summed E-state index contributed by atoms with van der Waals surface area (Å²) >= 11 is 0. The molecule has 2 heterocycles. The maximum Gasteiger partial charge on any atom is 0.228 e. The number of aryl methyl sites for hydroxylation is 1. The van der Waals surface area contributed by atoms with Crippen molar-refractivity contribution in [2.45, 2.75) is 38.8 Å². The van der Waals surface area contributed by atoms with Crippen LogP contribution in [0.3, 0.4) is 0 Å². The highest BCUT2D eigenvalue weighted by Crippen LogP contribution is 2.33. The molecule has 2 aliphatic rings. The summed E-state index contributed by atoms with van der Waals surface area (Å²) in [7, 11) is 1.75. The summed E-state index contributed by atoms with van der Waals surface area (Å²) in [5, 5.41) is 3.89. The second kappa shape index (κ2) is 4.92. The Hall–Kier alpha value is -1.85. The first kappa shape index (κ1) is 13.1. The molecule has 3 rings (SSSR count). The Kier molecular flexibility index (Phi) is 3.23. The Morgan fingerprint density at radius 3 is 2.90 bits per heavy atom. The number of nitrogens with zero attached hydrogens (tertiary/aromatic N) is 3. The minimum Gasteiger partial charge on any atom is -0.361 e. The van der Waals surface area contributed by atoms with Gasteiger partial charge in [-0.2, -0.15) is 0 Å². The molecule has 1 saturated heterocycles. The standard InChI is InChI=1S/C14H19N3O3/c1-9-5-11(15-20-9)8-16(2)14(19)10-6-13(18)17(7-10)12-3-4-12/h5,10,12H,3-4,6-8H2,1-2H3/t10-/m1/s1. The van der Waals surface area contributed by atoms with E-state index in [2.05, 4.69) is 5.16 Å². The summed E-state index contributed by atoms with van der Waals surface area (Å²) < 4.78 is 4.99. The quantitative estimate of drug-likeness (QED) is 0.822. The molecule has 1 atom stereocenters. The fraction of sp³-hybridized carbons (Fsp3) is 0.643. The summed E-state index contributed by atoms with van der Waals surface area (Å²) in [6, 6.07) is 2.21. The highest BCUT2D eigenvalue weighted by Gasteiger charge is 2.42. The van der Waals surface area contributed by atoms with Crippen LogP contribution in [-0.2, 0) is 16.1 Å². The fourth-order valence-electron chi connectivity index (χ4n) is 2.76. The summed E-state index contributed by atoms with van der Waals surface area (Å²) in [5.74, 6) is 0.664. The number of hydrogen-bond donors (Lipinski definition) is 0. The van der Waals surface area contributed by atoms with Gasteiger partial charge in [-0.3, -0.25) is 9.59 Å². The summed E-state index contributed by atoms with van der Waals surface area (Å²) in [5.41, 5.74) is 0.738. The van der Waals surface area contributed by atoms with Crippen molar-refractivity contribution < 1.29 is 14.1 Å². The van der Waals surface area contributed by atoms with Crippen LogP contribution in [-0.4, -0.2) is 46.4 Å². The SMILES string of the molecule is Cc1cc(CN(C)C(=O)[C@@H]2CC(=O)N(C3CC3)C2)no1.